The van der Waals surface area contributed by atoms with E-state index >= 15 is 0 Å². The molecule has 1 aliphatic carbocycles. The Bertz CT molecular complexity index is 860. The minimum absolute atomic E-state index is 0.353. The van der Waals surface area contributed by atoms with Gasteiger partial charge >= 0.3 is 0 Å². The van der Waals surface area contributed by atoms with Crippen LogP contribution in [0.3, 0.4) is 0 Å². The summed E-state index contributed by atoms with van der Waals surface area (Å²) in [6.07, 6.45) is 8.01. The lowest BCUT2D eigenvalue weighted by Crippen LogP contribution is -2.42. The number of ether oxygens (including phenoxy) is 1. The zero-order chi connectivity index (χ0) is 22.3. The molecule has 0 radical (unpaired) electrons. The Balaban J connectivity index is 1.20. The quantitative estimate of drug-likeness (QED) is 0.582. The zero-order valence-electron chi connectivity index (χ0n) is 19.5. The normalized spacial score (nSPS) is 19.6. The number of hydrogen-bond donors (Lipinski definition) is 0. The van der Waals surface area contributed by atoms with Gasteiger partial charge in [-0.1, -0.05) is 35.3 Å². The molecule has 32 heavy (non-hydrogen) atoms. The summed E-state index contributed by atoms with van der Waals surface area (Å²) in [5.74, 6) is 2.28. The lowest BCUT2D eigenvalue weighted by Gasteiger charge is -2.33. The zero-order valence-corrected chi connectivity index (χ0v) is 19.5. The molecule has 1 aromatic heterocycles. The predicted molar refractivity (Wildman–Crippen MR) is 122 cm³/mol. The topological polar surface area (TPSA) is 71.7 Å². The maximum atomic E-state index is 12.7. The third kappa shape index (κ3) is 6.31. The molecule has 0 bridgehead atoms. The first-order valence-electron chi connectivity index (χ1n) is 12.0. The first-order chi connectivity index (χ1) is 15.6. The molecule has 2 fully saturated rings. The van der Waals surface area contributed by atoms with Crippen LogP contribution in [0.2, 0.25) is 0 Å². The number of amides is 1. The summed E-state index contributed by atoms with van der Waals surface area (Å²) < 4.78 is 10.9. The van der Waals surface area contributed by atoms with E-state index in [0.717, 1.165) is 56.0 Å². The molecule has 2 aliphatic rings. The van der Waals surface area contributed by atoms with Crippen molar-refractivity contribution in [3.8, 4) is 5.75 Å². The molecule has 1 saturated carbocycles. The molecular formula is C25H36N4O3. The maximum absolute atomic E-state index is 12.7. The standard InChI is InChI=1S/C25H36N4O3/c1-19-24(27-32-26-19)17-28(2)15-21-9-11-23(12-10-21)31-18-22-8-5-13-29(16-22)25(30)14-20-6-3-4-7-20/h9-12,20,22H,3-8,13-18H2,1-2H3. The van der Waals surface area contributed by atoms with Gasteiger partial charge in [-0.3, -0.25) is 9.69 Å². The third-order valence-electron chi connectivity index (χ3n) is 6.84. The number of nitrogens with zero attached hydrogens (tertiary/aromatic N) is 4. The van der Waals surface area contributed by atoms with Crippen molar-refractivity contribution in [1.29, 1.82) is 0 Å². The van der Waals surface area contributed by atoms with Crippen molar-refractivity contribution in [1.82, 2.24) is 20.1 Å². The predicted octanol–water partition coefficient (Wildman–Crippen LogP) is 4.21. The Morgan fingerprint density at radius 1 is 1.09 bits per heavy atom. The fourth-order valence-electron chi connectivity index (χ4n) is 4.94. The van der Waals surface area contributed by atoms with E-state index in [9.17, 15) is 4.79 Å². The molecule has 1 aromatic carbocycles. The van der Waals surface area contributed by atoms with E-state index in [4.69, 9.17) is 9.37 Å². The van der Waals surface area contributed by atoms with Crippen molar-refractivity contribution in [3.05, 3.63) is 41.2 Å². The summed E-state index contributed by atoms with van der Waals surface area (Å²) >= 11 is 0. The fraction of sp³-hybridized carbons (Fsp3) is 0.640. The van der Waals surface area contributed by atoms with E-state index in [2.05, 4.69) is 39.3 Å². The Labute approximate surface area is 191 Å². The molecule has 174 valence electrons. The Hall–Kier alpha value is -2.41. The van der Waals surface area contributed by atoms with E-state index in [1.807, 2.05) is 19.1 Å². The summed E-state index contributed by atoms with van der Waals surface area (Å²) in [6.45, 7) is 5.84. The van der Waals surface area contributed by atoms with Crippen LogP contribution < -0.4 is 4.74 Å². The van der Waals surface area contributed by atoms with Crippen LogP contribution in [-0.2, 0) is 17.9 Å². The second-order valence-corrected chi connectivity index (χ2v) is 9.63. The van der Waals surface area contributed by atoms with Crippen molar-refractivity contribution in [2.24, 2.45) is 11.8 Å². The van der Waals surface area contributed by atoms with Crippen LogP contribution in [0.5, 0.6) is 5.75 Å². The van der Waals surface area contributed by atoms with Gasteiger partial charge in [-0.2, -0.15) is 0 Å². The Morgan fingerprint density at radius 2 is 1.84 bits per heavy atom. The van der Waals surface area contributed by atoms with Crippen molar-refractivity contribution in [2.75, 3.05) is 26.7 Å². The molecule has 7 heteroatoms. The molecular weight excluding hydrogens is 404 g/mol. The lowest BCUT2D eigenvalue weighted by molar-refractivity contribution is -0.134. The van der Waals surface area contributed by atoms with E-state index in [1.54, 1.807) is 0 Å². The molecule has 4 rings (SSSR count). The van der Waals surface area contributed by atoms with Crippen LogP contribution in [0, 0.1) is 18.8 Å². The van der Waals surface area contributed by atoms with E-state index < -0.39 is 0 Å². The van der Waals surface area contributed by atoms with Crippen LogP contribution in [0.4, 0.5) is 0 Å². The molecule has 2 aromatic rings. The number of likely N-dealkylation sites (tertiary alicyclic amines) is 1. The van der Waals surface area contributed by atoms with Gasteiger partial charge in [0, 0.05) is 38.5 Å². The van der Waals surface area contributed by atoms with Crippen LogP contribution >= 0.6 is 0 Å². The van der Waals surface area contributed by atoms with E-state index in [1.165, 1.54) is 31.2 Å². The summed E-state index contributed by atoms with van der Waals surface area (Å²) in [7, 11) is 2.06. The monoisotopic (exact) mass is 440 g/mol. The molecule has 0 N–H and O–H groups in total. The molecule has 1 saturated heterocycles. The SMILES string of the molecule is Cc1nonc1CN(C)Cc1ccc(OCC2CCCN(C(=O)CC3CCCC3)C2)cc1. The van der Waals surface area contributed by atoms with Gasteiger partial charge in [0.05, 0.1) is 6.61 Å². The number of rotatable bonds is 9. The third-order valence-corrected chi connectivity index (χ3v) is 6.84. The van der Waals surface area contributed by atoms with Gasteiger partial charge in [-0.25, -0.2) is 4.63 Å². The molecule has 1 amide bonds. The first kappa shape index (κ1) is 22.8. The molecule has 1 aliphatic heterocycles. The number of carbonyl (C=O) groups is 1. The lowest BCUT2D eigenvalue weighted by atomic mass is 9.97. The van der Waals surface area contributed by atoms with Gasteiger partial charge in [0.1, 0.15) is 17.1 Å². The number of carbonyl (C=O) groups excluding carboxylic acids is 1. The van der Waals surface area contributed by atoms with Crippen LogP contribution in [0.1, 0.15) is 61.9 Å². The van der Waals surface area contributed by atoms with Gasteiger partial charge < -0.3 is 9.64 Å². The van der Waals surface area contributed by atoms with Crippen molar-refractivity contribution in [3.63, 3.8) is 0 Å². The largest absolute Gasteiger partial charge is 0.493 e. The minimum Gasteiger partial charge on any atom is -0.493 e. The highest BCUT2D eigenvalue weighted by Gasteiger charge is 2.27. The van der Waals surface area contributed by atoms with E-state index in [-0.39, 0.29) is 0 Å². The molecule has 7 nitrogen and oxygen atoms in total. The highest BCUT2D eigenvalue weighted by Crippen LogP contribution is 2.29. The summed E-state index contributed by atoms with van der Waals surface area (Å²) in [4.78, 5) is 17.0. The Kier molecular flexibility index (Phi) is 7.79. The van der Waals surface area contributed by atoms with Gasteiger partial charge in [-0.15, -0.1) is 0 Å². The van der Waals surface area contributed by atoms with Gasteiger partial charge in [0.2, 0.25) is 5.91 Å². The highest BCUT2D eigenvalue weighted by molar-refractivity contribution is 5.76. The summed E-state index contributed by atoms with van der Waals surface area (Å²) in [5.41, 5.74) is 2.92. The number of aryl methyl sites for hydroxylation is 1. The average Bonchev–Trinajstić information content (AvgIpc) is 3.45. The Morgan fingerprint density at radius 3 is 2.56 bits per heavy atom. The number of piperidine rings is 1. The fourth-order valence-corrected chi connectivity index (χ4v) is 4.94. The molecule has 1 unspecified atom stereocenters. The first-order valence-corrected chi connectivity index (χ1v) is 12.0. The highest BCUT2D eigenvalue weighted by atomic mass is 16.6. The van der Waals surface area contributed by atoms with Gasteiger partial charge in [0.15, 0.2) is 0 Å². The van der Waals surface area contributed by atoms with Crippen LogP contribution in [-0.4, -0.2) is 52.8 Å². The van der Waals surface area contributed by atoms with Gasteiger partial charge in [0.25, 0.3) is 0 Å². The average molecular weight is 441 g/mol. The van der Waals surface area contributed by atoms with Crippen LogP contribution in [0.25, 0.3) is 0 Å². The summed E-state index contributed by atoms with van der Waals surface area (Å²) in [6, 6.07) is 8.30. The maximum Gasteiger partial charge on any atom is 0.222 e. The molecule has 0 spiro atoms. The number of hydrogen-bond acceptors (Lipinski definition) is 6. The second-order valence-electron chi connectivity index (χ2n) is 9.63. The van der Waals surface area contributed by atoms with Crippen molar-refractivity contribution >= 4 is 5.91 Å². The van der Waals surface area contributed by atoms with Gasteiger partial charge in [-0.05, 0) is 63.3 Å². The van der Waals surface area contributed by atoms with Crippen molar-refractivity contribution < 1.29 is 14.2 Å². The van der Waals surface area contributed by atoms with E-state index in [0.29, 0.717) is 30.9 Å². The molecule has 2 heterocycles. The van der Waals surface area contributed by atoms with Crippen molar-refractivity contribution in [2.45, 2.75) is 65.0 Å². The van der Waals surface area contributed by atoms with Crippen LogP contribution in [0.15, 0.2) is 28.9 Å². The smallest absolute Gasteiger partial charge is 0.222 e. The number of aromatic nitrogens is 2. The summed E-state index contributed by atoms with van der Waals surface area (Å²) in [5, 5.41) is 7.78. The number of benzene rings is 1. The molecule has 1 atom stereocenters. The second kappa shape index (κ2) is 10.9. The minimum atomic E-state index is 0.353.